The SMILES string of the molecule is CC(/C=C/CC(C)(C)[Si](C)(C)O[Si](C)(C)C(C)(C)C/C=C/C(C)OC(C)(C)C)OC(C)(C)C. The summed E-state index contributed by atoms with van der Waals surface area (Å²) in [5.41, 5.74) is -0.245. The molecule has 0 bridgehead atoms. The van der Waals surface area contributed by atoms with Gasteiger partial charge in [-0.25, -0.2) is 0 Å². The van der Waals surface area contributed by atoms with Gasteiger partial charge in [-0.15, -0.1) is 0 Å². The first kappa shape index (κ1) is 32.8. The standard InChI is InChI=1S/C28H58O3Si2/c1-23(29-25(3,4)5)19-17-21-27(9,10)32(13,14)31-33(15,16)28(11,12)22-18-20-24(2)30-26(6,7)8/h17-20,23-24H,21-22H2,1-16H3/b19-17+,20-18+. The molecule has 0 fully saturated rings. The Kier molecular flexibility index (Phi) is 11.6. The zero-order chi connectivity index (χ0) is 26.5. The van der Waals surface area contributed by atoms with E-state index in [2.05, 4.69) is 134 Å². The van der Waals surface area contributed by atoms with Gasteiger partial charge in [0, 0.05) is 0 Å². The first-order valence-corrected chi connectivity index (χ1v) is 18.6. The molecule has 0 aliphatic rings. The Hall–Kier alpha value is -0.206. The Morgan fingerprint density at radius 2 is 0.848 bits per heavy atom. The smallest absolute Gasteiger partial charge is 0.179 e. The lowest BCUT2D eigenvalue weighted by Gasteiger charge is -2.49. The van der Waals surface area contributed by atoms with Crippen LogP contribution in [0.4, 0.5) is 0 Å². The molecule has 0 radical (unpaired) electrons. The molecule has 0 aromatic carbocycles. The fraction of sp³-hybridized carbons (Fsp3) is 0.857. The van der Waals surface area contributed by atoms with Crippen LogP contribution in [-0.4, -0.2) is 40.0 Å². The van der Waals surface area contributed by atoms with Gasteiger partial charge in [0.25, 0.3) is 0 Å². The Morgan fingerprint density at radius 1 is 0.576 bits per heavy atom. The zero-order valence-electron chi connectivity index (χ0n) is 25.1. The van der Waals surface area contributed by atoms with E-state index in [1.165, 1.54) is 0 Å². The van der Waals surface area contributed by atoms with Gasteiger partial charge >= 0.3 is 0 Å². The summed E-state index contributed by atoms with van der Waals surface area (Å²) in [5, 5.41) is 0.270. The lowest BCUT2D eigenvalue weighted by atomic mass is 10.1. The van der Waals surface area contributed by atoms with Crippen molar-refractivity contribution in [2.24, 2.45) is 0 Å². The van der Waals surface area contributed by atoms with Gasteiger partial charge in [0.15, 0.2) is 16.6 Å². The molecule has 0 rings (SSSR count). The van der Waals surface area contributed by atoms with Gasteiger partial charge in [0.05, 0.1) is 23.4 Å². The summed E-state index contributed by atoms with van der Waals surface area (Å²) in [6.45, 7) is 36.0. The summed E-state index contributed by atoms with van der Waals surface area (Å²) in [4.78, 5) is 0. The molecule has 0 heterocycles. The van der Waals surface area contributed by atoms with E-state index in [1.54, 1.807) is 0 Å². The summed E-state index contributed by atoms with van der Waals surface area (Å²) < 4.78 is 19.2. The van der Waals surface area contributed by atoms with Crippen molar-refractivity contribution >= 4 is 16.6 Å². The van der Waals surface area contributed by atoms with Crippen molar-refractivity contribution in [3.8, 4) is 0 Å². The van der Waals surface area contributed by atoms with Crippen LogP contribution < -0.4 is 0 Å². The largest absolute Gasteiger partial charge is 0.455 e. The number of hydrogen-bond acceptors (Lipinski definition) is 3. The summed E-state index contributed by atoms with van der Waals surface area (Å²) in [6, 6.07) is 0. The highest BCUT2D eigenvalue weighted by atomic mass is 28.4. The summed E-state index contributed by atoms with van der Waals surface area (Å²) in [7, 11) is -3.93. The minimum Gasteiger partial charge on any atom is -0.455 e. The predicted molar refractivity (Wildman–Crippen MR) is 152 cm³/mol. The maximum Gasteiger partial charge on any atom is 0.179 e. The summed E-state index contributed by atoms with van der Waals surface area (Å²) >= 11 is 0. The zero-order valence-corrected chi connectivity index (χ0v) is 27.1. The van der Waals surface area contributed by atoms with Crippen LogP contribution >= 0.6 is 0 Å². The Bertz CT molecular complexity index is 591. The molecule has 0 saturated heterocycles. The molecule has 0 spiro atoms. The van der Waals surface area contributed by atoms with Crippen molar-refractivity contribution in [1.29, 1.82) is 0 Å². The van der Waals surface area contributed by atoms with Gasteiger partial charge in [0.1, 0.15) is 0 Å². The molecule has 3 nitrogen and oxygen atoms in total. The molecule has 0 aliphatic heterocycles. The average molecular weight is 499 g/mol. The third kappa shape index (κ3) is 12.4. The fourth-order valence-electron chi connectivity index (χ4n) is 3.71. The molecule has 0 aliphatic carbocycles. The van der Waals surface area contributed by atoms with Crippen molar-refractivity contribution in [2.45, 2.75) is 156 Å². The maximum absolute atomic E-state index is 7.18. The van der Waals surface area contributed by atoms with E-state index >= 15 is 0 Å². The Balaban J connectivity index is 5.21. The van der Waals surface area contributed by atoms with E-state index in [9.17, 15) is 0 Å². The lowest BCUT2D eigenvalue weighted by Crippen LogP contribution is -2.54. The van der Waals surface area contributed by atoms with E-state index in [4.69, 9.17) is 13.6 Å². The average Bonchev–Trinajstić information content (AvgIpc) is 2.49. The van der Waals surface area contributed by atoms with Crippen LogP contribution in [0.25, 0.3) is 0 Å². The van der Waals surface area contributed by atoms with Crippen LogP contribution in [0.3, 0.4) is 0 Å². The molecule has 5 heteroatoms. The molecule has 2 atom stereocenters. The highest BCUT2D eigenvalue weighted by Crippen LogP contribution is 2.48. The third-order valence-electron chi connectivity index (χ3n) is 6.92. The van der Waals surface area contributed by atoms with Gasteiger partial charge in [0.2, 0.25) is 0 Å². The number of rotatable bonds is 12. The van der Waals surface area contributed by atoms with E-state index < -0.39 is 16.6 Å². The highest BCUT2D eigenvalue weighted by Gasteiger charge is 2.49. The molecule has 0 N–H and O–H groups in total. The normalized spacial score (nSPS) is 17.2. The van der Waals surface area contributed by atoms with Gasteiger partial charge in [-0.05, 0) is 104 Å². The second kappa shape index (κ2) is 11.7. The van der Waals surface area contributed by atoms with Crippen molar-refractivity contribution in [1.82, 2.24) is 0 Å². The van der Waals surface area contributed by atoms with Crippen molar-refractivity contribution < 1.29 is 13.6 Å². The van der Waals surface area contributed by atoms with E-state index in [0.717, 1.165) is 12.8 Å². The van der Waals surface area contributed by atoms with Crippen LogP contribution in [0, 0.1) is 0 Å². The van der Waals surface area contributed by atoms with E-state index in [0.29, 0.717) is 0 Å². The molecule has 196 valence electrons. The van der Waals surface area contributed by atoms with Crippen molar-refractivity contribution in [2.75, 3.05) is 0 Å². The first-order valence-electron chi connectivity index (χ1n) is 12.8. The lowest BCUT2D eigenvalue weighted by molar-refractivity contribution is -0.0304. The second-order valence-electron chi connectivity index (χ2n) is 14.0. The first-order chi connectivity index (χ1) is 14.4. The molecule has 0 aromatic rings. The topological polar surface area (TPSA) is 27.7 Å². The van der Waals surface area contributed by atoms with Crippen molar-refractivity contribution in [3.63, 3.8) is 0 Å². The van der Waals surface area contributed by atoms with Crippen LogP contribution in [0.2, 0.25) is 36.3 Å². The quantitative estimate of drug-likeness (QED) is 0.198. The van der Waals surface area contributed by atoms with Gasteiger partial charge in [-0.3, -0.25) is 0 Å². The Morgan fingerprint density at radius 3 is 1.09 bits per heavy atom. The molecule has 33 heavy (non-hydrogen) atoms. The number of hydrogen-bond donors (Lipinski definition) is 0. The number of ether oxygens (including phenoxy) is 2. The van der Waals surface area contributed by atoms with Crippen molar-refractivity contribution in [3.05, 3.63) is 24.3 Å². The van der Waals surface area contributed by atoms with Crippen LogP contribution in [-0.2, 0) is 13.6 Å². The predicted octanol–water partition coefficient (Wildman–Crippen LogP) is 9.27. The molecule has 0 aromatic heterocycles. The monoisotopic (exact) mass is 498 g/mol. The van der Waals surface area contributed by atoms with Gasteiger partial charge in [-0.1, -0.05) is 52.0 Å². The minimum absolute atomic E-state index is 0.118. The highest BCUT2D eigenvalue weighted by molar-refractivity contribution is 6.87. The number of allylic oxidation sites excluding steroid dienone is 2. The molecule has 0 saturated carbocycles. The Labute approximate surface area is 210 Å². The van der Waals surface area contributed by atoms with Crippen LogP contribution in [0.1, 0.15) is 95.9 Å². The van der Waals surface area contributed by atoms with E-state index in [1.807, 2.05) is 0 Å². The van der Waals surface area contributed by atoms with Gasteiger partial charge in [-0.2, -0.15) is 0 Å². The van der Waals surface area contributed by atoms with Crippen LogP contribution in [0.15, 0.2) is 24.3 Å². The summed E-state index contributed by atoms with van der Waals surface area (Å²) in [5.74, 6) is 0. The second-order valence-corrected chi connectivity index (χ2v) is 23.6. The molecular weight excluding hydrogens is 440 g/mol. The molecule has 0 amide bonds. The fourth-order valence-corrected chi connectivity index (χ4v) is 12.2. The van der Waals surface area contributed by atoms with Crippen LogP contribution in [0.5, 0.6) is 0 Å². The maximum atomic E-state index is 7.18. The molecular formula is C28H58O3Si2. The van der Waals surface area contributed by atoms with Gasteiger partial charge < -0.3 is 13.6 Å². The van der Waals surface area contributed by atoms with E-state index in [-0.39, 0.29) is 33.5 Å². The summed E-state index contributed by atoms with van der Waals surface area (Å²) in [6.07, 6.45) is 11.3. The minimum atomic E-state index is -1.97. The molecule has 2 unspecified atom stereocenters. The third-order valence-corrected chi connectivity index (χ3v) is 17.9.